The maximum Gasteiger partial charge on any atom is 0.189 e. The third-order valence-corrected chi connectivity index (χ3v) is 2.55. The Morgan fingerprint density at radius 2 is 1.89 bits per heavy atom. The Labute approximate surface area is 116 Å². The van der Waals surface area contributed by atoms with Crippen molar-refractivity contribution < 1.29 is 14.2 Å². The van der Waals surface area contributed by atoms with Gasteiger partial charge in [-0.2, -0.15) is 0 Å². The van der Waals surface area contributed by atoms with Gasteiger partial charge in [-0.15, -0.1) is 0 Å². The van der Waals surface area contributed by atoms with Gasteiger partial charge in [0.15, 0.2) is 18.3 Å². The predicted octanol–water partition coefficient (Wildman–Crippen LogP) is 2.96. The van der Waals surface area contributed by atoms with Crippen molar-refractivity contribution in [1.29, 1.82) is 0 Å². The van der Waals surface area contributed by atoms with Gasteiger partial charge in [0.2, 0.25) is 0 Å². The highest BCUT2D eigenvalue weighted by Crippen LogP contribution is 2.28. The molecular weight excluding hydrogens is 242 g/mol. The Morgan fingerprint density at radius 3 is 2.47 bits per heavy atom. The van der Waals surface area contributed by atoms with Crippen molar-refractivity contribution in [3.8, 4) is 11.5 Å². The van der Waals surface area contributed by atoms with E-state index < -0.39 is 0 Å². The van der Waals surface area contributed by atoms with E-state index >= 15 is 0 Å². The van der Waals surface area contributed by atoms with Gasteiger partial charge in [0, 0.05) is 18.7 Å². The number of benzene rings is 1. The Balaban J connectivity index is 2.71. The molecule has 0 bridgehead atoms. The van der Waals surface area contributed by atoms with Crippen LogP contribution >= 0.6 is 0 Å². The largest absolute Gasteiger partial charge is 0.493 e. The fourth-order valence-corrected chi connectivity index (χ4v) is 1.50. The standard InChI is InChI=1S/C15H25NO3/c1-6-18-11-19-14-9-12(7-8-13(14)17-5)10-16-15(2,3)4/h7-9,16H,6,10-11H2,1-5H3. The molecule has 0 radical (unpaired) electrons. The number of ether oxygens (including phenoxy) is 3. The fourth-order valence-electron chi connectivity index (χ4n) is 1.50. The maximum absolute atomic E-state index is 5.57. The number of hydrogen-bond acceptors (Lipinski definition) is 4. The smallest absolute Gasteiger partial charge is 0.189 e. The molecule has 0 fully saturated rings. The van der Waals surface area contributed by atoms with Gasteiger partial charge in [-0.1, -0.05) is 6.07 Å². The van der Waals surface area contributed by atoms with Gasteiger partial charge < -0.3 is 19.5 Å². The van der Waals surface area contributed by atoms with E-state index in [1.807, 2.05) is 25.1 Å². The molecule has 4 heteroatoms. The van der Waals surface area contributed by atoms with Gasteiger partial charge in [-0.05, 0) is 45.4 Å². The molecule has 4 nitrogen and oxygen atoms in total. The zero-order valence-electron chi connectivity index (χ0n) is 12.6. The highest BCUT2D eigenvalue weighted by molar-refractivity contribution is 5.42. The quantitative estimate of drug-likeness (QED) is 0.609. The molecule has 1 rings (SSSR count). The summed E-state index contributed by atoms with van der Waals surface area (Å²) in [6, 6.07) is 5.93. The van der Waals surface area contributed by atoms with Gasteiger partial charge >= 0.3 is 0 Å². The van der Waals surface area contributed by atoms with E-state index in [0.717, 1.165) is 17.9 Å². The van der Waals surface area contributed by atoms with Crippen molar-refractivity contribution in [2.24, 2.45) is 0 Å². The third-order valence-electron chi connectivity index (χ3n) is 2.55. The van der Waals surface area contributed by atoms with Crippen LogP contribution in [-0.2, 0) is 11.3 Å². The molecule has 0 unspecified atom stereocenters. The molecule has 0 aliphatic rings. The van der Waals surface area contributed by atoms with E-state index in [1.165, 1.54) is 0 Å². The summed E-state index contributed by atoms with van der Waals surface area (Å²) in [6.07, 6.45) is 0. The van der Waals surface area contributed by atoms with Gasteiger partial charge in [0.05, 0.1) is 7.11 Å². The monoisotopic (exact) mass is 267 g/mol. The fraction of sp³-hybridized carbons (Fsp3) is 0.600. The zero-order valence-corrected chi connectivity index (χ0v) is 12.6. The molecule has 0 aromatic heterocycles. The van der Waals surface area contributed by atoms with Gasteiger partial charge in [-0.3, -0.25) is 0 Å². The zero-order chi connectivity index (χ0) is 14.3. The van der Waals surface area contributed by atoms with Crippen LogP contribution in [-0.4, -0.2) is 26.0 Å². The first-order valence-corrected chi connectivity index (χ1v) is 6.58. The van der Waals surface area contributed by atoms with E-state index in [1.54, 1.807) is 7.11 Å². The van der Waals surface area contributed by atoms with E-state index in [0.29, 0.717) is 12.4 Å². The summed E-state index contributed by atoms with van der Waals surface area (Å²) in [7, 11) is 1.63. The van der Waals surface area contributed by atoms with Crippen LogP contribution in [0.15, 0.2) is 18.2 Å². The van der Waals surface area contributed by atoms with Crippen LogP contribution in [0.5, 0.6) is 11.5 Å². The molecule has 108 valence electrons. The molecule has 0 amide bonds. The second-order valence-corrected chi connectivity index (χ2v) is 5.34. The van der Waals surface area contributed by atoms with Gasteiger partial charge in [-0.25, -0.2) is 0 Å². The molecule has 0 heterocycles. The summed E-state index contributed by atoms with van der Waals surface area (Å²) in [6.45, 7) is 10.0. The summed E-state index contributed by atoms with van der Waals surface area (Å²) >= 11 is 0. The van der Waals surface area contributed by atoms with Crippen molar-refractivity contribution in [3.63, 3.8) is 0 Å². The molecular formula is C15H25NO3. The first-order valence-electron chi connectivity index (χ1n) is 6.58. The molecule has 0 spiro atoms. The SMILES string of the molecule is CCOCOc1cc(CNC(C)(C)C)ccc1OC. The molecule has 0 aliphatic heterocycles. The minimum Gasteiger partial charge on any atom is -0.493 e. The first-order chi connectivity index (χ1) is 8.96. The summed E-state index contributed by atoms with van der Waals surface area (Å²) in [5.41, 5.74) is 1.24. The lowest BCUT2D eigenvalue weighted by molar-refractivity contribution is 0.0208. The van der Waals surface area contributed by atoms with Gasteiger partial charge in [0.25, 0.3) is 0 Å². The minimum atomic E-state index is 0.0896. The summed E-state index contributed by atoms with van der Waals surface area (Å²) in [5, 5.41) is 3.44. The summed E-state index contributed by atoms with van der Waals surface area (Å²) in [4.78, 5) is 0. The van der Waals surface area contributed by atoms with Crippen LogP contribution in [0.1, 0.15) is 33.3 Å². The molecule has 0 atom stereocenters. The summed E-state index contributed by atoms with van der Waals surface area (Å²) in [5.74, 6) is 1.43. The molecule has 19 heavy (non-hydrogen) atoms. The van der Waals surface area contributed by atoms with E-state index in [4.69, 9.17) is 14.2 Å². The highest BCUT2D eigenvalue weighted by Gasteiger charge is 2.10. The first kappa shape index (κ1) is 15.8. The number of hydrogen-bond donors (Lipinski definition) is 1. The lowest BCUT2D eigenvalue weighted by Crippen LogP contribution is -2.35. The Kier molecular flexibility index (Phi) is 6.12. The maximum atomic E-state index is 5.57. The molecule has 1 aromatic carbocycles. The molecule has 1 aromatic rings. The Hall–Kier alpha value is -1.26. The Bertz CT molecular complexity index is 385. The van der Waals surface area contributed by atoms with Crippen molar-refractivity contribution in [2.45, 2.75) is 39.8 Å². The second-order valence-electron chi connectivity index (χ2n) is 5.34. The summed E-state index contributed by atoms with van der Waals surface area (Å²) < 4.78 is 16.0. The van der Waals surface area contributed by atoms with Crippen LogP contribution in [0.3, 0.4) is 0 Å². The van der Waals surface area contributed by atoms with Crippen LogP contribution in [0.25, 0.3) is 0 Å². The molecule has 0 saturated carbocycles. The van der Waals surface area contributed by atoms with Crippen molar-refractivity contribution >= 4 is 0 Å². The second kappa shape index (κ2) is 7.36. The van der Waals surface area contributed by atoms with Crippen molar-refractivity contribution in [1.82, 2.24) is 5.32 Å². The van der Waals surface area contributed by atoms with Crippen LogP contribution in [0, 0.1) is 0 Å². The average Bonchev–Trinajstić information content (AvgIpc) is 2.36. The van der Waals surface area contributed by atoms with Crippen molar-refractivity contribution in [3.05, 3.63) is 23.8 Å². The Morgan fingerprint density at radius 1 is 1.16 bits per heavy atom. The molecule has 0 saturated heterocycles. The molecule has 1 N–H and O–H groups in total. The third kappa shape index (κ3) is 5.94. The van der Waals surface area contributed by atoms with Crippen molar-refractivity contribution in [2.75, 3.05) is 20.5 Å². The van der Waals surface area contributed by atoms with Crippen LogP contribution < -0.4 is 14.8 Å². The number of nitrogens with one attached hydrogen (secondary N) is 1. The average molecular weight is 267 g/mol. The highest BCUT2D eigenvalue weighted by atomic mass is 16.7. The lowest BCUT2D eigenvalue weighted by Gasteiger charge is -2.21. The molecule has 0 aliphatic carbocycles. The predicted molar refractivity (Wildman–Crippen MR) is 76.7 cm³/mol. The topological polar surface area (TPSA) is 39.7 Å². The van der Waals surface area contributed by atoms with E-state index in [9.17, 15) is 0 Å². The number of rotatable bonds is 7. The van der Waals surface area contributed by atoms with Crippen LogP contribution in [0.2, 0.25) is 0 Å². The van der Waals surface area contributed by atoms with E-state index in [-0.39, 0.29) is 12.3 Å². The minimum absolute atomic E-state index is 0.0896. The lowest BCUT2D eigenvalue weighted by atomic mass is 10.1. The van der Waals surface area contributed by atoms with E-state index in [2.05, 4.69) is 26.1 Å². The number of methoxy groups -OCH3 is 1. The normalized spacial score (nSPS) is 11.4. The van der Waals surface area contributed by atoms with Gasteiger partial charge in [0.1, 0.15) is 0 Å². The van der Waals surface area contributed by atoms with Crippen LogP contribution in [0.4, 0.5) is 0 Å².